The zero-order valence-electron chi connectivity index (χ0n) is 23.6. The van der Waals surface area contributed by atoms with E-state index in [0.717, 1.165) is 40.1 Å². The van der Waals surface area contributed by atoms with Gasteiger partial charge in [0.15, 0.2) is 5.65 Å². The van der Waals surface area contributed by atoms with Crippen LogP contribution in [0.1, 0.15) is 53.9 Å². The van der Waals surface area contributed by atoms with Gasteiger partial charge in [0, 0.05) is 55.6 Å². The number of likely N-dealkylation sites (N-methyl/N-ethyl adjacent to an activating group) is 1. The van der Waals surface area contributed by atoms with E-state index in [1.807, 2.05) is 35.9 Å². The van der Waals surface area contributed by atoms with Crippen molar-refractivity contribution in [3.05, 3.63) is 72.0 Å². The molecule has 1 N–H and O–H groups in total. The summed E-state index contributed by atoms with van der Waals surface area (Å²) in [4.78, 5) is 58.9. The molecule has 2 unspecified atom stereocenters. The molecule has 13 heteroatoms. The minimum atomic E-state index is -0.353. The molecule has 5 aromatic heterocycles. The van der Waals surface area contributed by atoms with Crippen LogP contribution in [0.5, 0.6) is 0 Å². The summed E-state index contributed by atoms with van der Waals surface area (Å²) in [6.07, 6.45) is 12.1. The Morgan fingerprint density at radius 1 is 1.07 bits per heavy atom. The summed E-state index contributed by atoms with van der Waals surface area (Å²) in [5, 5.41) is 8.42. The van der Waals surface area contributed by atoms with Crippen molar-refractivity contribution < 1.29 is 14.4 Å². The maximum atomic E-state index is 13.1. The fourth-order valence-corrected chi connectivity index (χ4v) is 5.82. The van der Waals surface area contributed by atoms with E-state index in [1.165, 1.54) is 11.9 Å². The zero-order chi connectivity index (χ0) is 29.4. The first kappa shape index (κ1) is 25.5. The van der Waals surface area contributed by atoms with Crippen LogP contribution in [0.25, 0.3) is 16.6 Å². The van der Waals surface area contributed by atoms with Crippen LogP contribution in [0.2, 0.25) is 0 Å². The molecule has 2 saturated carbocycles. The van der Waals surface area contributed by atoms with E-state index in [9.17, 15) is 14.4 Å². The molecular formula is C30H28N10O3. The number of anilines is 2. The van der Waals surface area contributed by atoms with Gasteiger partial charge in [-0.15, -0.1) is 0 Å². The lowest BCUT2D eigenvalue weighted by atomic mass is 10.1. The average Bonchev–Trinajstić information content (AvgIpc) is 3.90. The third-order valence-electron chi connectivity index (χ3n) is 8.45. The van der Waals surface area contributed by atoms with Crippen LogP contribution in [0.3, 0.4) is 0 Å². The second-order valence-electron chi connectivity index (χ2n) is 11.6. The van der Waals surface area contributed by atoms with Crippen molar-refractivity contribution in [2.45, 2.75) is 44.6 Å². The van der Waals surface area contributed by atoms with E-state index < -0.39 is 0 Å². The lowest BCUT2D eigenvalue weighted by molar-refractivity contribution is -0.124. The highest BCUT2D eigenvalue weighted by molar-refractivity contribution is 6.13. The van der Waals surface area contributed by atoms with Crippen molar-refractivity contribution >= 4 is 45.9 Å². The van der Waals surface area contributed by atoms with Gasteiger partial charge in [0.1, 0.15) is 18.2 Å². The molecule has 6 heterocycles. The molecule has 1 saturated heterocycles. The number of nitrogens with one attached hydrogen (secondary N) is 1. The van der Waals surface area contributed by atoms with Gasteiger partial charge in [-0.05, 0) is 55.9 Å². The lowest BCUT2D eigenvalue weighted by Crippen LogP contribution is -2.30. The van der Waals surface area contributed by atoms with Crippen LogP contribution in [0, 0.1) is 12.8 Å². The van der Waals surface area contributed by atoms with Crippen molar-refractivity contribution in [2.24, 2.45) is 5.92 Å². The Balaban J connectivity index is 1.06. The lowest BCUT2D eigenvalue weighted by Gasteiger charge is -2.17. The number of nitrogens with zero attached hydrogens (tertiary/aromatic N) is 9. The molecule has 13 nitrogen and oxygen atoms in total. The monoisotopic (exact) mass is 576 g/mol. The van der Waals surface area contributed by atoms with Crippen LogP contribution in [0.4, 0.5) is 16.3 Å². The molecule has 3 aliphatic rings. The smallest absolute Gasteiger partial charge is 0.310 e. The van der Waals surface area contributed by atoms with Crippen molar-refractivity contribution in [1.29, 1.82) is 0 Å². The fraction of sp³-hybridized carbons (Fsp3) is 0.333. The van der Waals surface area contributed by atoms with Gasteiger partial charge in [-0.2, -0.15) is 5.10 Å². The van der Waals surface area contributed by atoms with E-state index in [1.54, 1.807) is 23.1 Å². The summed E-state index contributed by atoms with van der Waals surface area (Å²) >= 11 is 0. The topological polar surface area (TPSA) is 144 Å². The Kier molecular flexibility index (Phi) is 5.58. The Morgan fingerprint density at radius 2 is 1.91 bits per heavy atom. The standard InChI is InChI=1S/C30H28N10O3/c1-16-5-7-31-26(33-16)20-10-21(20)29(42)35-27-22-14-39(36-23(22)6-8-32-27)13-19-12-38-11-18(17-3-4-17)9-24(28(38)34-19)40-15-25(41)37(2)30(40)43/h5-9,11-12,14,17,20-21H,3-4,10,13,15H2,1-2H3,(H,32,35,42). The van der Waals surface area contributed by atoms with E-state index in [2.05, 4.69) is 26.5 Å². The highest BCUT2D eigenvalue weighted by Crippen LogP contribution is 2.46. The number of aryl methyl sites for hydroxylation is 1. The molecule has 0 bridgehead atoms. The molecule has 2 atom stereocenters. The second kappa shape index (κ2) is 9.41. The fourth-order valence-electron chi connectivity index (χ4n) is 5.82. The molecule has 1 aliphatic heterocycles. The molecule has 3 fully saturated rings. The number of imide groups is 1. The normalized spacial score (nSPS) is 20.0. The van der Waals surface area contributed by atoms with E-state index in [0.29, 0.717) is 47.4 Å². The summed E-state index contributed by atoms with van der Waals surface area (Å²) in [5.74, 6) is 1.07. The number of carbonyl (C=O) groups is 3. The van der Waals surface area contributed by atoms with Gasteiger partial charge in [0.05, 0.1) is 28.8 Å². The number of pyridine rings is 2. The Morgan fingerprint density at radius 3 is 2.67 bits per heavy atom. The van der Waals surface area contributed by atoms with Crippen LogP contribution >= 0.6 is 0 Å². The number of carbonyl (C=O) groups excluding carboxylic acids is 3. The Hall–Kier alpha value is -5.20. The van der Waals surface area contributed by atoms with Gasteiger partial charge in [0.2, 0.25) is 11.8 Å². The number of amides is 4. The Labute approximate surface area is 245 Å². The van der Waals surface area contributed by atoms with E-state index >= 15 is 0 Å². The molecule has 8 rings (SSSR count). The Bertz CT molecular complexity index is 1980. The summed E-state index contributed by atoms with van der Waals surface area (Å²) in [7, 11) is 1.50. The third kappa shape index (κ3) is 4.47. The van der Waals surface area contributed by atoms with Crippen molar-refractivity contribution in [2.75, 3.05) is 23.8 Å². The van der Waals surface area contributed by atoms with Crippen molar-refractivity contribution in [1.82, 2.24) is 39.0 Å². The number of hydrogen-bond donors (Lipinski definition) is 1. The predicted octanol–water partition coefficient (Wildman–Crippen LogP) is 3.24. The molecule has 4 amide bonds. The minimum absolute atomic E-state index is 0.00698. The van der Waals surface area contributed by atoms with Crippen LogP contribution in [-0.2, 0) is 16.1 Å². The number of urea groups is 1. The van der Waals surface area contributed by atoms with E-state index in [-0.39, 0.29) is 36.2 Å². The summed E-state index contributed by atoms with van der Waals surface area (Å²) < 4.78 is 3.71. The largest absolute Gasteiger partial charge is 0.331 e. The highest BCUT2D eigenvalue weighted by atomic mass is 16.2. The molecule has 43 heavy (non-hydrogen) atoms. The zero-order valence-corrected chi connectivity index (χ0v) is 23.6. The first-order valence-electron chi connectivity index (χ1n) is 14.3. The van der Waals surface area contributed by atoms with Gasteiger partial charge in [-0.25, -0.2) is 24.7 Å². The summed E-state index contributed by atoms with van der Waals surface area (Å²) in [5.41, 5.74) is 4.69. The molecule has 0 radical (unpaired) electrons. The number of rotatable bonds is 7. The average molecular weight is 577 g/mol. The van der Waals surface area contributed by atoms with Gasteiger partial charge < -0.3 is 9.72 Å². The molecular weight excluding hydrogens is 548 g/mol. The van der Waals surface area contributed by atoms with E-state index in [4.69, 9.17) is 10.1 Å². The molecule has 5 aromatic rings. The summed E-state index contributed by atoms with van der Waals surface area (Å²) in [6, 6.07) is 5.29. The van der Waals surface area contributed by atoms with Crippen LogP contribution in [-0.4, -0.2) is 70.5 Å². The third-order valence-corrected chi connectivity index (χ3v) is 8.45. The van der Waals surface area contributed by atoms with Crippen LogP contribution in [0.15, 0.2) is 49.2 Å². The number of fused-ring (bicyclic) bond motifs is 2. The van der Waals surface area contributed by atoms with Crippen LogP contribution < -0.4 is 10.2 Å². The predicted molar refractivity (Wildman–Crippen MR) is 156 cm³/mol. The number of imidazole rings is 1. The molecule has 0 spiro atoms. The maximum Gasteiger partial charge on any atom is 0.331 e. The second-order valence-corrected chi connectivity index (χ2v) is 11.6. The van der Waals surface area contributed by atoms with Gasteiger partial charge >= 0.3 is 6.03 Å². The van der Waals surface area contributed by atoms with Crippen molar-refractivity contribution in [3.63, 3.8) is 0 Å². The minimum Gasteiger partial charge on any atom is -0.310 e. The first-order valence-corrected chi connectivity index (χ1v) is 14.3. The number of hydrogen-bond acceptors (Lipinski definition) is 8. The van der Waals surface area contributed by atoms with Gasteiger partial charge in [-0.3, -0.25) is 24.1 Å². The molecule has 216 valence electrons. The highest BCUT2D eigenvalue weighted by Gasteiger charge is 2.46. The number of aromatic nitrogens is 7. The van der Waals surface area contributed by atoms with Crippen molar-refractivity contribution in [3.8, 4) is 0 Å². The summed E-state index contributed by atoms with van der Waals surface area (Å²) in [6.45, 7) is 2.27. The first-order chi connectivity index (χ1) is 20.8. The SMILES string of the molecule is Cc1ccnc(C2CC2C(=O)Nc2nccc3nn(Cc4cn5cc(C6CC6)cc(N6CC(=O)N(C)C6=O)c5n4)cc23)n1. The quantitative estimate of drug-likeness (QED) is 0.291. The van der Waals surface area contributed by atoms with Gasteiger partial charge in [0.25, 0.3) is 0 Å². The van der Waals surface area contributed by atoms with Gasteiger partial charge in [-0.1, -0.05) is 0 Å². The molecule has 0 aromatic carbocycles. The maximum absolute atomic E-state index is 13.1. The molecule has 2 aliphatic carbocycles.